The molecule has 5 nitrogen and oxygen atoms in total. The number of hydrogen-bond donors (Lipinski definition) is 0. The van der Waals surface area contributed by atoms with Gasteiger partial charge >= 0.3 is 5.97 Å². The number of likely N-dealkylation sites (tertiary alicyclic amines) is 1. The first-order chi connectivity index (χ1) is 11.4. The van der Waals surface area contributed by atoms with E-state index in [4.69, 9.17) is 4.74 Å². The zero-order valence-corrected chi connectivity index (χ0v) is 14.6. The maximum absolute atomic E-state index is 12.3. The van der Waals surface area contributed by atoms with Crippen molar-refractivity contribution in [1.82, 2.24) is 4.90 Å². The largest absolute Gasteiger partial charge is 0.469 e. The standard InChI is InChI=1S/C19H25NO4/c1-13-4-5-16(12-14(13)2)17(21)6-7-18(22)20-10-8-15(9-11-20)19(23)24-3/h4-5,12,15H,6-11H2,1-3H3. The van der Waals surface area contributed by atoms with Crippen LogP contribution in [0, 0.1) is 19.8 Å². The highest BCUT2D eigenvalue weighted by molar-refractivity contribution is 5.98. The number of benzene rings is 1. The fourth-order valence-electron chi connectivity index (χ4n) is 2.97. The fraction of sp³-hybridized carbons (Fsp3) is 0.526. The second-order valence-electron chi connectivity index (χ2n) is 6.40. The summed E-state index contributed by atoms with van der Waals surface area (Å²) in [5, 5.41) is 0. The van der Waals surface area contributed by atoms with E-state index in [-0.39, 0.29) is 36.4 Å². The van der Waals surface area contributed by atoms with E-state index < -0.39 is 0 Å². The Balaban J connectivity index is 1.82. The van der Waals surface area contributed by atoms with Crippen molar-refractivity contribution in [1.29, 1.82) is 0 Å². The monoisotopic (exact) mass is 331 g/mol. The van der Waals surface area contributed by atoms with Crippen LogP contribution in [0.5, 0.6) is 0 Å². The Kier molecular flexibility index (Phi) is 6.12. The highest BCUT2D eigenvalue weighted by Crippen LogP contribution is 2.20. The zero-order valence-electron chi connectivity index (χ0n) is 14.6. The van der Waals surface area contributed by atoms with Crippen LogP contribution in [0.4, 0.5) is 0 Å². The molecular formula is C19H25NO4. The van der Waals surface area contributed by atoms with Crippen LogP contribution in [-0.2, 0) is 14.3 Å². The molecule has 2 rings (SSSR count). The quantitative estimate of drug-likeness (QED) is 0.615. The lowest BCUT2D eigenvalue weighted by Crippen LogP contribution is -2.40. The molecule has 1 aromatic carbocycles. The lowest BCUT2D eigenvalue weighted by atomic mass is 9.96. The van der Waals surface area contributed by atoms with Crippen LogP contribution in [0.2, 0.25) is 0 Å². The summed E-state index contributed by atoms with van der Waals surface area (Å²) in [5.74, 6) is -0.338. The molecule has 1 heterocycles. The molecule has 1 fully saturated rings. The summed E-state index contributed by atoms with van der Waals surface area (Å²) in [6.07, 6.45) is 1.69. The normalized spacial score (nSPS) is 15.2. The predicted molar refractivity (Wildman–Crippen MR) is 90.8 cm³/mol. The molecule has 0 bridgehead atoms. The molecule has 0 aromatic heterocycles. The first-order valence-corrected chi connectivity index (χ1v) is 8.38. The minimum absolute atomic E-state index is 0.00380. The molecule has 0 aliphatic carbocycles. The van der Waals surface area contributed by atoms with E-state index in [1.54, 1.807) is 4.90 Å². The second-order valence-corrected chi connectivity index (χ2v) is 6.40. The number of carbonyl (C=O) groups excluding carboxylic acids is 3. The Bertz CT molecular complexity index is 630. The SMILES string of the molecule is COC(=O)C1CCN(C(=O)CCC(=O)c2ccc(C)c(C)c2)CC1. The maximum Gasteiger partial charge on any atom is 0.308 e. The van der Waals surface area contributed by atoms with Crippen LogP contribution < -0.4 is 0 Å². The van der Waals surface area contributed by atoms with E-state index in [0.29, 0.717) is 31.5 Å². The van der Waals surface area contributed by atoms with Gasteiger partial charge < -0.3 is 9.64 Å². The van der Waals surface area contributed by atoms with E-state index in [2.05, 4.69) is 0 Å². The number of piperidine rings is 1. The molecule has 24 heavy (non-hydrogen) atoms. The van der Waals surface area contributed by atoms with Gasteiger partial charge in [0, 0.05) is 31.5 Å². The molecule has 0 spiro atoms. The molecule has 1 amide bonds. The summed E-state index contributed by atoms with van der Waals surface area (Å²) in [6, 6.07) is 5.63. The maximum atomic E-state index is 12.3. The Morgan fingerprint density at radius 2 is 1.75 bits per heavy atom. The zero-order chi connectivity index (χ0) is 17.7. The first kappa shape index (κ1) is 18.2. The Morgan fingerprint density at radius 1 is 1.08 bits per heavy atom. The van der Waals surface area contributed by atoms with E-state index in [9.17, 15) is 14.4 Å². The summed E-state index contributed by atoms with van der Waals surface area (Å²) in [7, 11) is 1.39. The molecule has 1 aliphatic rings. The lowest BCUT2D eigenvalue weighted by molar-refractivity contribution is -0.148. The molecule has 0 saturated carbocycles. The van der Waals surface area contributed by atoms with Crippen molar-refractivity contribution in [3.63, 3.8) is 0 Å². The molecular weight excluding hydrogens is 306 g/mol. The van der Waals surface area contributed by atoms with Gasteiger partial charge in [0.05, 0.1) is 13.0 Å². The number of carbonyl (C=O) groups is 3. The highest BCUT2D eigenvalue weighted by atomic mass is 16.5. The van der Waals surface area contributed by atoms with Crippen molar-refractivity contribution in [2.24, 2.45) is 5.92 Å². The van der Waals surface area contributed by atoms with Crippen LogP contribution in [-0.4, -0.2) is 42.8 Å². The summed E-state index contributed by atoms with van der Waals surface area (Å²) in [6.45, 7) is 5.08. The molecule has 1 aromatic rings. The van der Waals surface area contributed by atoms with Crippen LogP contribution >= 0.6 is 0 Å². The molecule has 0 N–H and O–H groups in total. The molecule has 130 valence electrons. The Morgan fingerprint density at radius 3 is 2.33 bits per heavy atom. The average molecular weight is 331 g/mol. The minimum Gasteiger partial charge on any atom is -0.469 e. The summed E-state index contributed by atoms with van der Waals surface area (Å²) >= 11 is 0. The fourth-order valence-corrected chi connectivity index (χ4v) is 2.97. The highest BCUT2D eigenvalue weighted by Gasteiger charge is 2.27. The van der Waals surface area contributed by atoms with Crippen LogP contribution in [0.25, 0.3) is 0 Å². The van der Waals surface area contributed by atoms with Gasteiger partial charge in [0.1, 0.15) is 0 Å². The van der Waals surface area contributed by atoms with Crippen molar-refractivity contribution in [3.8, 4) is 0 Å². The molecule has 0 atom stereocenters. The number of Topliss-reactive ketones (excluding diaryl/α,β-unsaturated/α-hetero) is 1. The van der Waals surface area contributed by atoms with Gasteiger partial charge in [-0.1, -0.05) is 12.1 Å². The van der Waals surface area contributed by atoms with Crippen LogP contribution in [0.3, 0.4) is 0 Å². The Labute approximate surface area is 143 Å². The summed E-state index contributed by atoms with van der Waals surface area (Å²) in [4.78, 5) is 37.7. The number of nitrogens with zero attached hydrogens (tertiary/aromatic N) is 1. The van der Waals surface area contributed by atoms with Crippen LogP contribution in [0.1, 0.15) is 47.2 Å². The van der Waals surface area contributed by atoms with Crippen molar-refractivity contribution >= 4 is 17.7 Å². The number of ketones is 1. The van der Waals surface area contributed by atoms with E-state index >= 15 is 0 Å². The number of aryl methyl sites for hydroxylation is 2. The third kappa shape index (κ3) is 4.43. The summed E-state index contributed by atoms with van der Waals surface area (Å²) in [5.41, 5.74) is 2.89. The van der Waals surface area contributed by atoms with Crippen molar-refractivity contribution < 1.29 is 19.1 Å². The molecule has 0 radical (unpaired) electrons. The number of hydrogen-bond acceptors (Lipinski definition) is 4. The average Bonchev–Trinajstić information content (AvgIpc) is 2.61. The lowest BCUT2D eigenvalue weighted by Gasteiger charge is -2.30. The van der Waals surface area contributed by atoms with Crippen molar-refractivity contribution in [2.45, 2.75) is 39.5 Å². The van der Waals surface area contributed by atoms with Gasteiger partial charge in [0.25, 0.3) is 0 Å². The number of amides is 1. The predicted octanol–water partition coefficient (Wildman–Crippen LogP) is 2.68. The molecule has 0 unspecified atom stereocenters. The minimum atomic E-state index is -0.202. The van der Waals surface area contributed by atoms with E-state index in [1.165, 1.54) is 7.11 Å². The third-order valence-corrected chi connectivity index (χ3v) is 4.78. The number of esters is 1. The van der Waals surface area contributed by atoms with Gasteiger partial charge in [-0.05, 0) is 43.9 Å². The first-order valence-electron chi connectivity index (χ1n) is 8.38. The number of ether oxygens (including phenoxy) is 1. The number of rotatable bonds is 5. The van der Waals surface area contributed by atoms with E-state index in [0.717, 1.165) is 11.1 Å². The smallest absolute Gasteiger partial charge is 0.308 e. The second kappa shape index (κ2) is 8.08. The van der Waals surface area contributed by atoms with Gasteiger partial charge in [0.15, 0.2) is 5.78 Å². The van der Waals surface area contributed by atoms with Gasteiger partial charge in [-0.3, -0.25) is 14.4 Å². The van der Waals surface area contributed by atoms with Gasteiger partial charge in [-0.2, -0.15) is 0 Å². The molecule has 1 aliphatic heterocycles. The van der Waals surface area contributed by atoms with E-state index in [1.807, 2.05) is 32.0 Å². The Hall–Kier alpha value is -2.17. The topological polar surface area (TPSA) is 63.7 Å². The van der Waals surface area contributed by atoms with Crippen molar-refractivity contribution in [2.75, 3.05) is 20.2 Å². The molecule has 1 saturated heterocycles. The number of methoxy groups -OCH3 is 1. The van der Waals surface area contributed by atoms with Gasteiger partial charge in [-0.25, -0.2) is 0 Å². The van der Waals surface area contributed by atoms with Gasteiger partial charge in [-0.15, -0.1) is 0 Å². The third-order valence-electron chi connectivity index (χ3n) is 4.78. The van der Waals surface area contributed by atoms with Crippen molar-refractivity contribution in [3.05, 3.63) is 34.9 Å². The van der Waals surface area contributed by atoms with Crippen LogP contribution in [0.15, 0.2) is 18.2 Å². The molecule has 5 heteroatoms. The van der Waals surface area contributed by atoms with Gasteiger partial charge in [0.2, 0.25) is 5.91 Å². The summed E-state index contributed by atoms with van der Waals surface area (Å²) < 4.78 is 4.74.